The average Bonchev–Trinajstić information content (AvgIpc) is 3.08. The van der Waals surface area contributed by atoms with Crippen molar-refractivity contribution in [2.24, 2.45) is 11.8 Å². The molecule has 1 saturated carbocycles. The fourth-order valence-electron chi connectivity index (χ4n) is 4.21. The van der Waals surface area contributed by atoms with Crippen LogP contribution in [0.25, 0.3) is 16.7 Å². The molecule has 0 unspecified atom stereocenters. The molecule has 2 nitrogen and oxygen atoms in total. The van der Waals surface area contributed by atoms with Crippen LogP contribution in [0.15, 0.2) is 48.2 Å². The smallest absolute Gasteiger partial charge is 0.169 e. The summed E-state index contributed by atoms with van der Waals surface area (Å²) in [6, 6.07) is 13.9. The molecule has 1 fully saturated rings. The van der Waals surface area contributed by atoms with Gasteiger partial charge in [-0.05, 0) is 66.1 Å². The number of halogens is 1. The van der Waals surface area contributed by atoms with Crippen LogP contribution < -0.4 is 0 Å². The summed E-state index contributed by atoms with van der Waals surface area (Å²) in [6.45, 7) is 2.08. The van der Waals surface area contributed by atoms with E-state index in [1.165, 1.54) is 0 Å². The predicted octanol–water partition coefficient (Wildman–Crippen LogP) is 5.84. The number of Topliss-reactive ketones (excluding diaryl/α,β-unsaturated/α-hetero) is 1. The molecule has 25 heavy (non-hydrogen) atoms. The lowest BCUT2D eigenvalue weighted by atomic mass is 9.81. The molecular weight excluding hydrogens is 332 g/mol. The number of carbonyl (C=O) groups excluding carboxylic acids is 1. The third-order valence-corrected chi connectivity index (χ3v) is 5.88. The van der Waals surface area contributed by atoms with Crippen LogP contribution in [0.4, 0.5) is 0 Å². The van der Waals surface area contributed by atoms with Crippen molar-refractivity contribution in [2.75, 3.05) is 0 Å². The number of carbonyl (C=O) groups is 1. The SMILES string of the molecule is CCc1ccc(-c2ccc(Cl)cc2)cc1C1=C(O)[C@H]2CC[C@@H](C2)C1=O. The topological polar surface area (TPSA) is 37.3 Å². The second-order valence-corrected chi connectivity index (χ2v) is 7.50. The van der Waals surface area contributed by atoms with E-state index in [0.717, 1.165) is 47.9 Å². The van der Waals surface area contributed by atoms with Gasteiger partial charge in [-0.25, -0.2) is 0 Å². The number of benzene rings is 2. The molecule has 0 radical (unpaired) electrons. The summed E-state index contributed by atoms with van der Waals surface area (Å²) < 4.78 is 0. The van der Waals surface area contributed by atoms with Gasteiger partial charge in [0.1, 0.15) is 5.76 Å². The summed E-state index contributed by atoms with van der Waals surface area (Å²) in [7, 11) is 0. The molecule has 0 spiro atoms. The van der Waals surface area contributed by atoms with E-state index < -0.39 is 0 Å². The first-order valence-corrected chi connectivity index (χ1v) is 9.33. The Labute approximate surface area is 153 Å². The van der Waals surface area contributed by atoms with Crippen molar-refractivity contribution < 1.29 is 9.90 Å². The monoisotopic (exact) mass is 352 g/mol. The van der Waals surface area contributed by atoms with Gasteiger partial charge in [0, 0.05) is 16.9 Å². The van der Waals surface area contributed by atoms with Crippen LogP contribution in [0.1, 0.15) is 37.3 Å². The van der Waals surface area contributed by atoms with Gasteiger partial charge in [-0.1, -0.05) is 42.8 Å². The Kier molecular flexibility index (Phi) is 4.16. The molecule has 2 aromatic rings. The Hall–Kier alpha value is -2.06. The lowest BCUT2D eigenvalue weighted by Crippen LogP contribution is -2.22. The number of ketones is 1. The van der Waals surface area contributed by atoms with Crippen LogP contribution in [0.3, 0.4) is 0 Å². The average molecular weight is 353 g/mol. The molecule has 2 bridgehead atoms. The highest BCUT2D eigenvalue weighted by Crippen LogP contribution is 2.46. The van der Waals surface area contributed by atoms with Crippen LogP contribution in [0.2, 0.25) is 5.02 Å². The summed E-state index contributed by atoms with van der Waals surface area (Å²) in [5.74, 6) is 0.664. The Balaban J connectivity index is 1.86. The van der Waals surface area contributed by atoms with E-state index in [1.54, 1.807) is 0 Å². The third-order valence-electron chi connectivity index (χ3n) is 5.63. The minimum absolute atomic E-state index is 0.0831. The number of allylic oxidation sites excluding steroid dienone is 2. The summed E-state index contributed by atoms with van der Waals surface area (Å²) in [6.07, 6.45) is 3.46. The molecule has 0 saturated heterocycles. The van der Waals surface area contributed by atoms with Crippen LogP contribution >= 0.6 is 11.6 Å². The van der Waals surface area contributed by atoms with Gasteiger partial charge in [-0.3, -0.25) is 4.79 Å². The number of rotatable bonds is 3. The molecule has 128 valence electrons. The van der Waals surface area contributed by atoms with Crippen molar-refractivity contribution in [1.29, 1.82) is 0 Å². The summed E-state index contributed by atoms with van der Waals surface area (Å²) in [4.78, 5) is 12.9. The molecule has 0 aromatic heterocycles. The second kappa shape index (κ2) is 6.34. The minimum atomic E-state index is 0.0831. The van der Waals surface area contributed by atoms with Gasteiger partial charge in [0.25, 0.3) is 0 Å². The molecule has 1 N–H and O–H groups in total. The van der Waals surface area contributed by atoms with Crippen molar-refractivity contribution in [3.63, 3.8) is 0 Å². The van der Waals surface area contributed by atoms with Crippen molar-refractivity contribution in [1.82, 2.24) is 0 Å². The van der Waals surface area contributed by atoms with Gasteiger partial charge in [-0.2, -0.15) is 0 Å². The fraction of sp³-hybridized carbons (Fsp3) is 0.318. The zero-order chi connectivity index (χ0) is 17.6. The summed E-state index contributed by atoms with van der Waals surface area (Å²) in [5.41, 5.74) is 4.66. The quantitative estimate of drug-likeness (QED) is 0.753. The van der Waals surface area contributed by atoms with Crippen molar-refractivity contribution >= 4 is 23.0 Å². The molecule has 4 rings (SSSR count). The van der Waals surface area contributed by atoms with Gasteiger partial charge in [0.15, 0.2) is 5.78 Å². The number of aryl methyl sites for hydroxylation is 1. The van der Waals surface area contributed by atoms with Crippen LogP contribution in [0, 0.1) is 11.8 Å². The van der Waals surface area contributed by atoms with E-state index >= 15 is 0 Å². The maximum Gasteiger partial charge on any atom is 0.169 e. The van der Waals surface area contributed by atoms with E-state index in [9.17, 15) is 9.90 Å². The van der Waals surface area contributed by atoms with E-state index in [-0.39, 0.29) is 17.6 Å². The molecule has 3 heteroatoms. The normalized spacial score (nSPS) is 22.6. The maximum atomic E-state index is 12.9. The highest BCUT2D eigenvalue weighted by atomic mass is 35.5. The number of hydrogen-bond acceptors (Lipinski definition) is 2. The first-order chi connectivity index (χ1) is 12.1. The lowest BCUT2D eigenvalue weighted by molar-refractivity contribution is -0.117. The number of aliphatic hydroxyl groups is 1. The van der Waals surface area contributed by atoms with Gasteiger partial charge in [0.2, 0.25) is 0 Å². The van der Waals surface area contributed by atoms with E-state index in [4.69, 9.17) is 11.6 Å². The van der Waals surface area contributed by atoms with Gasteiger partial charge in [-0.15, -0.1) is 0 Å². The Morgan fingerprint density at radius 1 is 1.04 bits per heavy atom. The summed E-state index contributed by atoms with van der Waals surface area (Å²) in [5, 5.41) is 11.4. The van der Waals surface area contributed by atoms with Crippen molar-refractivity contribution in [2.45, 2.75) is 32.6 Å². The molecule has 2 aliphatic carbocycles. The maximum absolute atomic E-state index is 12.9. The minimum Gasteiger partial charge on any atom is -0.511 e. The molecule has 0 amide bonds. The summed E-state index contributed by atoms with van der Waals surface area (Å²) >= 11 is 5.99. The lowest BCUT2D eigenvalue weighted by Gasteiger charge is -2.23. The van der Waals surface area contributed by atoms with Crippen LogP contribution in [-0.2, 0) is 11.2 Å². The van der Waals surface area contributed by atoms with Gasteiger partial charge in [0.05, 0.1) is 5.57 Å². The Morgan fingerprint density at radius 2 is 1.72 bits per heavy atom. The molecule has 2 atom stereocenters. The molecule has 2 aromatic carbocycles. The highest BCUT2D eigenvalue weighted by Gasteiger charge is 2.41. The van der Waals surface area contributed by atoms with Crippen molar-refractivity contribution in [3.8, 4) is 11.1 Å². The van der Waals surface area contributed by atoms with Crippen LogP contribution in [0.5, 0.6) is 0 Å². The molecule has 0 heterocycles. The Morgan fingerprint density at radius 3 is 2.44 bits per heavy atom. The predicted molar refractivity (Wildman–Crippen MR) is 102 cm³/mol. The largest absolute Gasteiger partial charge is 0.511 e. The van der Waals surface area contributed by atoms with E-state index in [0.29, 0.717) is 16.4 Å². The molecule has 0 aliphatic heterocycles. The number of fused-ring (bicyclic) bond motifs is 2. The van der Waals surface area contributed by atoms with Gasteiger partial charge >= 0.3 is 0 Å². The standard InChI is InChI=1S/C22H21ClO2/c1-2-13-3-4-15(14-7-9-18(23)10-8-14)12-19(13)20-21(24)16-5-6-17(11-16)22(20)25/h3-4,7-10,12,16-17,24H,2,5-6,11H2,1H3/t16-,17-/m0/s1. The van der Waals surface area contributed by atoms with Gasteiger partial charge < -0.3 is 5.11 Å². The third kappa shape index (κ3) is 2.79. The Bertz CT molecular complexity index is 864. The second-order valence-electron chi connectivity index (χ2n) is 7.06. The first kappa shape index (κ1) is 16.4. The number of hydrogen-bond donors (Lipinski definition) is 1. The van der Waals surface area contributed by atoms with Crippen LogP contribution in [-0.4, -0.2) is 10.9 Å². The first-order valence-electron chi connectivity index (χ1n) is 8.95. The number of aliphatic hydroxyl groups excluding tert-OH is 1. The van der Waals surface area contributed by atoms with Crippen molar-refractivity contribution in [3.05, 3.63) is 64.4 Å². The fourth-order valence-corrected chi connectivity index (χ4v) is 4.34. The van der Waals surface area contributed by atoms with E-state index in [2.05, 4.69) is 25.1 Å². The van der Waals surface area contributed by atoms with E-state index in [1.807, 2.05) is 24.3 Å². The molecule has 2 aliphatic rings. The zero-order valence-electron chi connectivity index (χ0n) is 14.3. The zero-order valence-corrected chi connectivity index (χ0v) is 15.0. The molecular formula is C22H21ClO2. The highest BCUT2D eigenvalue weighted by molar-refractivity contribution is 6.30.